The highest BCUT2D eigenvalue weighted by atomic mass is 32.2. The van der Waals surface area contributed by atoms with Crippen LogP contribution in [0.1, 0.15) is 38.1 Å². The normalized spacial score (nSPS) is 10.8. The number of rotatable bonds is 7. The Bertz CT molecular complexity index is 399. The molecule has 1 amide bonds. The number of aryl methyl sites for hydroxylation is 2. The molecular formula is C14H23N3OS. The van der Waals surface area contributed by atoms with Crippen molar-refractivity contribution in [3.63, 3.8) is 0 Å². The van der Waals surface area contributed by atoms with Crippen LogP contribution in [0.4, 0.5) is 0 Å². The summed E-state index contributed by atoms with van der Waals surface area (Å²) in [6, 6.07) is 1.93. The van der Waals surface area contributed by atoms with Crippen molar-refractivity contribution in [2.24, 2.45) is 5.92 Å². The summed E-state index contributed by atoms with van der Waals surface area (Å²) in [7, 11) is 0. The zero-order chi connectivity index (χ0) is 14.3. The monoisotopic (exact) mass is 281 g/mol. The summed E-state index contributed by atoms with van der Waals surface area (Å²) in [4.78, 5) is 20.3. The minimum Gasteiger partial charge on any atom is -0.355 e. The smallest absolute Gasteiger partial charge is 0.230 e. The molecule has 0 aliphatic carbocycles. The Balaban J connectivity index is 2.37. The lowest BCUT2D eigenvalue weighted by atomic mass is 10.0. The molecule has 19 heavy (non-hydrogen) atoms. The first kappa shape index (κ1) is 16.0. The molecule has 0 radical (unpaired) electrons. The van der Waals surface area contributed by atoms with Crippen molar-refractivity contribution in [1.29, 1.82) is 0 Å². The van der Waals surface area contributed by atoms with Crippen LogP contribution in [0.5, 0.6) is 0 Å². The van der Waals surface area contributed by atoms with Gasteiger partial charge in [-0.05, 0) is 25.8 Å². The molecule has 5 heteroatoms. The summed E-state index contributed by atoms with van der Waals surface area (Å²) in [5.74, 6) is 1.01. The molecule has 106 valence electrons. The number of amides is 1. The topological polar surface area (TPSA) is 54.9 Å². The van der Waals surface area contributed by atoms with Crippen LogP contribution in [0, 0.1) is 19.8 Å². The maximum absolute atomic E-state index is 11.7. The van der Waals surface area contributed by atoms with Gasteiger partial charge in [-0.2, -0.15) is 0 Å². The summed E-state index contributed by atoms with van der Waals surface area (Å²) in [6.07, 6.45) is 2.20. The summed E-state index contributed by atoms with van der Waals surface area (Å²) in [5, 5.41) is 3.64. The van der Waals surface area contributed by atoms with E-state index in [4.69, 9.17) is 0 Å². The Kier molecular flexibility index (Phi) is 6.84. The second-order valence-corrected chi connectivity index (χ2v) is 5.65. The van der Waals surface area contributed by atoms with E-state index in [0.717, 1.165) is 30.8 Å². The highest BCUT2D eigenvalue weighted by Gasteiger charge is 2.08. The van der Waals surface area contributed by atoms with Gasteiger partial charge in [0.15, 0.2) is 5.16 Å². The molecule has 0 atom stereocenters. The molecule has 0 bridgehead atoms. The molecule has 0 spiro atoms. The van der Waals surface area contributed by atoms with E-state index in [9.17, 15) is 4.79 Å². The third-order valence-electron chi connectivity index (χ3n) is 3.04. The van der Waals surface area contributed by atoms with E-state index in [1.54, 1.807) is 0 Å². The standard InChI is InChI=1S/C14H23N3OS/c1-5-12(6-2)8-15-13(18)9-19-14-16-10(3)7-11(4)17-14/h7,12H,5-6,8-9H2,1-4H3,(H,15,18). The Morgan fingerprint density at radius 3 is 2.37 bits per heavy atom. The molecule has 0 unspecified atom stereocenters. The molecular weight excluding hydrogens is 258 g/mol. The van der Waals surface area contributed by atoms with Crippen LogP contribution in [0.25, 0.3) is 0 Å². The predicted octanol–water partition coefficient (Wildman–Crippen LogP) is 2.74. The van der Waals surface area contributed by atoms with Crippen LogP contribution in [-0.2, 0) is 4.79 Å². The molecule has 0 aliphatic heterocycles. The number of nitrogens with zero attached hydrogens (tertiary/aromatic N) is 2. The highest BCUT2D eigenvalue weighted by molar-refractivity contribution is 7.99. The Morgan fingerprint density at radius 1 is 1.26 bits per heavy atom. The van der Waals surface area contributed by atoms with E-state index in [1.165, 1.54) is 11.8 Å². The van der Waals surface area contributed by atoms with Crippen LogP contribution in [-0.4, -0.2) is 28.2 Å². The fourth-order valence-electron chi connectivity index (χ4n) is 1.77. The SMILES string of the molecule is CCC(CC)CNC(=O)CSc1nc(C)cc(C)n1. The van der Waals surface area contributed by atoms with Crippen molar-refractivity contribution in [1.82, 2.24) is 15.3 Å². The third-order valence-corrected chi connectivity index (χ3v) is 3.88. The number of hydrogen-bond donors (Lipinski definition) is 1. The highest BCUT2D eigenvalue weighted by Crippen LogP contribution is 2.13. The quantitative estimate of drug-likeness (QED) is 0.617. The number of nitrogens with one attached hydrogen (secondary N) is 1. The molecule has 0 aliphatic rings. The summed E-state index contributed by atoms with van der Waals surface area (Å²) in [6.45, 7) is 8.94. The maximum Gasteiger partial charge on any atom is 0.230 e. The van der Waals surface area contributed by atoms with Gasteiger partial charge >= 0.3 is 0 Å². The van der Waals surface area contributed by atoms with Crippen molar-refractivity contribution in [3.8, 4) is 0 Å². The van der Waals surface area contributed by atoms with Gasteiger partial charge in [-0.25, -0.2) is 9.97 Å². The summed E-state index contributed by atoms with van der Waals surface area (Å²) < 4.78 is 0. The lowest BCUT2D eigenvalue weighted by molar-refractivity contribution is -0.118. The first-order chi connectivity index (χ1) is 9.05. The second kappa shape index (κ2) is 8.15. The molecule has 4 nitrogen and oxygen atoms in total. The zero-order valence-corrected chi connectivity index (χ0v) is 13.0. The Morgan fingerprint density at radius 2 is 1.84 bits per heavy atom. The summed E-state index contributed by atoms with van der Waals surface area (Å²) in [5.41, 5.74) is 1.87. The molecule has 0 saturated heterocycles. The molecule has 1 heterocycles. The number of carbonyl (C=O) groups excluding carboxylic acids is 1. The number of thioether (sulfide) groups is 1. The third kappa shape index (κ3) is 6.05. The van der Waals surface area contributed by atoms with Gasteiger partial charge in [-0.1, -0.05) is 38.5 Å². The zero-order valence-electron chi connectivity index (χ0n) is 12.2. The molecule has 0 saturated carbocycles. The van der Waals surface area contributed by atoms with Crippen molar-refractivity contribution in [2.75, 3.05) is 12.3 Å². The second-order valence-electron chi connectivity index (χ2n) is 4.71. The first-order valence-electron chi connectivity index (χ1n) is 6.76. The molecule has 1 aromatic rings. The predicted molar refractivity (Wildman–Crippen MR) is 79.3 cm³/mol. The van der Waals surface area contributed by atoms with Crippen LogP contribution in [0.2, 0.25) is 0 Å². The van der Waals surface area contributed by atoms with Crippen molar-refractivity contribution in [2.45, 2.75) is 45.7 Å². The van der Waals surface area contributed by atoms with Gasteiger partial charge in [0.1, 0.15) is 0 Å². The van der Waals surface area contributed by atoms with E-state index in [2.05, 4.69) is 29.1 Å². The van der Waals surface area contributed by atoms with E-state index < -0.39 is 0 Å². The van der Waals surface area contributed by atoms with E-state index >= 15 is 0 Å². The average Bonchev–Trinajstić information content (AvgIpc) is 2.36. The van der Waals surface area contributed by atoms with Gasteiger partial charge in [0.05, 0.1) is 5.75 Å². The molecule has 1 N–H and O–H groups in total. The average molecular weight is 281 g/mol. The number of aromatic nitrogens is 2. The van der Waals surface area contributed by atoms with E-state index in [-0.39, 0.29) is 5.91 Å². The van der Waals surface area contributed by atoms with Gasteiger partial charge in [0, 0.05) is 17.9 Å². The van der Waals surface area contributed by atoms with Crippen molar-refractivity contribution >= 4 is 17.7 Å². The van der Waals surface area contributed by atoms with Gasteiger partial charge in [-0.15, -0.1) is 0 Å². The van der Waals surface area contributed by atoms with Crippen molar-refractivity contribution < 1.29 is 4.79 Å². The van der Waals surface area contributed by atoms with Gasteiger partial charge in [0.25, 0.3) is 0 Å². The number of carbonyl (C=O) groups is 1. The van der Waals surface area contributed by atoms with E-state index in [1.807, 2.05) is 19.9 Å². The van der Waals surface area contributed by atoms with Crippen LogP contribution in [0.15, 0.2) is 11.2 Å². The maximum atomic E-state index is 11.7. The fourth-order valence-corrected chi connectivity index (χ4v) is 2.55. The van der Waals surface area contributed by atoms with Gasteiger partial charge in [-0.3, -0.25) is 4.79 Å². The largest absolute Gasteiger partial charge is 0.355 e. The number of hydrogen-bond acceptors (Lipinski definition) is 4. The minimum atomic E-state index is 0.0552. The van der Waals surface area contributed by atoms with Crippen LogP contribution in [0.3, 0.4) is 0 Å². The van der Waals surface area contributed by atoms with Gasteiger partial charge in [0.2, 0.25) is 5.91 Å². The van der Waals surface area contributed by atoms with Crippen LogP contribution >= 0.6 is 11.8 Å². The molecule has 0 aromatic carbocycles. The van der Waals surface area contributed by atoms with Crippen molar-refractivity contribution in [3.05, 3.63) is 17.5 Å². The van der Waals surface area contributed by atoms with Crippen LogP contribution < -0.4 is 5.32 Å². The summed E-state index contributed by atoms with van der Waals surface area (Å²) >= 11 is 1.39. The Hall–Kier alpha value is -1.10. The lowest BCUT2D eigenvalue weighted by Gasteiger charge is -2.12. The van der Waals surface area contributed by atoms with E-state index in [0.29, 0.717) is 16.8 Å². The molecule has 1 aromatic heterocycles. The Labute approximate surface area is 119 Å². The molecule has 1 rings (SSSR count). The van der Waals surface area contributed by atoms with Gasteiger partial charge < -0.3 is 5.32 Å². The minimum absolute atomic E-state index is 0.0552. The fraction of sp³-hybridized carbons (Fsp3) is 0.643. The lowest BCUT2D eigenvalue weighted by Crippen LogP contribution is -2.30. The molecule has 0 fully saturated rings. The first-order valence-corrected chi connectivity index (χ1v) is 7.75.